The molecule has 2 nitrogen and oxygen atoms in total. The first-order chi connectivity index (χ1) is 14.2. The van der Waals surface area contributed by atoms with Gasteiger partial charge in [0.05, 0.1) is 5.92 Å². The van der Waals surface area contributed by atoms with Gasteiger partial charge >= 0.3 is 0 Å². The van der Waals surface area contributed by atoms with Crippen LogP contribution in [-0.2, 0) is 0 Å². The van der Waals surface area contributed by atoms with Crippen molar-refractivity contribution >= 4 is 45.3 Å². The number of benzene rings is 1. The molecule has 0 spiro atoms. The second kappa shape index (κ2) is 7.80. The standard InChI is InChI=1S/C23H16O2S4/c24-15-6-5-14(13-16(15)25)23(21-9-7-19(28-21)17-3-1-11-26-17)22-10-8-20(29-22)18-4-2-12-27-18/h1-13,23-25H. The Bertz CT molecular complexity index is 1160. The molecule has 0 radical (unpaired) electrons. The number of rotatable bonds is 5. The van der Waals surface area contributed by atoms with Crippen LogP contribution in [0.15, 0.2) is 77.5 Å². The van der Waals surface area contributed by atoms with Gasteiger partial charge in [-0.1, -0.05) is 18.2 Å². The first kappa shape index (κ1) is 18.6. The minimum atomic E-state index is -0.0941. The highest BCUT2D eigenvalue weighted by atomic mass is 32.1. The molecule has 0 atom stereocenters. The van der Waals surface area contributed by atoms with E-state index >= 15 is 0 Å². The third-order valence-corrected chi connectivity index (χ3v) is 9.11. The van der Waals surface area contributed by atoms with E-state index in [1.165, 1.54) is 29.3 Å². The third kappa shape index (κ3) is 3.65. The number of aromatic hydroxyl groups is 2. The first-order valence-electron chi connectivity index (χ1n) is 8.98. The van der Waals surface area contributed by atoms with Gasteiger partial charge in [-0.05, 0) is 64.9 Å². The molecule has 4 aromatic heterocycles. The molecule has 2 N–H and O–H groups in total. The third-order valence-electron chi connectivity index (χ3n) is 4.68. The Hall–Kier alpha value is -2.38. The van der Waals surface area contributed by atoms with Gasteiger partial charge in [0.15, 0.2) is 11.5 Å². The van der Waals surface area contributed by atoms with Gasteiger partial charge in [0.25, 0.3) is 0 Å². The summed E-state index contributed by atoms with van der Waals surface area (Å²) in [7, 11) is 0. The minimum Gasteiger partial charge on any atom is -0.504 e. The average Bonchev–Trinajstić information content (AvgIpc) is 3.51. The average molecular weight is 453 g/mol. The van der Waals surface area contributed by atoms with Crippen molar-refractivity contribution in [3.8, 4) is 31.0 Å². The van der Waals surface area contributed by atoms with Crippen molar-refractivity contribution in [3.05, 3.63) is 92.8 Å². The van der Waals surface area contributed by atoms with E-state index in [0.717, 1.165) is 5.56 Å². The van der Waals surface area contributed by atoms with Crippen molar-refractivity contribution < 1.29 is 10.2 Å². The highest BCUT2D eigenvalue weighted by molar-refractivity contribution is 7.22. The van der Waals surface area contributed by atoms with Crippen molar-refractivity contribution in [1.29, 1.82) is 0 Å². The molecule has 0 fully saturated rings. The fourth-order valence-corrected chi connectivity index (χ4v) is 7.36. The molecule has 144 valence electrons. The van der Waals surface area contributed by atoms with E-state index in [0.29, 0.717) is 0 Å². The second-order valence-corrected chi connectivity index (χ2v) is 10.7. The van der Waals surface area contributed by atoms with Gasteiger partial charge in [-0.3, -0.25) is 0 Å². The fraction of sp³-hybridized carbons (Fsp3) is 0.0435. The van der Waals surface area contributed by atoms with Gasteiger partial charge in [0.1, 0.15) is 0 Å². The van der Waals surface area contributed by atoms with Crippen LogP contribution in [0, 0.1) is 0 Å². The van der Waals surface area contributed by atoms with Gasteiger partial charge < -0.3 is 10.2 Å². The molecular weight excluding hydrogens is 437 g/mol. The van der Waals surface area contributed by atoms with Gasteiger partial charge in [-0.15, -0.1) is 45.3 Å². The molecule has 6 heteroatoms. The highest BCUT2D eigenvalue weighted by Crippen LogP contribution is 2.45. The summed E-state index contributed by atoms with van der Waals surface area (Å²) in [4.78, 5) is 7.46. The van der Waals surface area contributed by atoms with Crippen molar-refractivity contribution in [1.82, 2.24) is 0 Å². The van der Waals surface area contributed by atoms with E-state index in [2.05, 4.69) is 59.3 Å². The summed E-state index contributed by atoms with van der Waals surface area (Å²) >= 11 is 7.04. The summed E-state index contributed by atoms with van der Waals surface area (Å²) < 4.78 is 0. The molecule has 5 rings (SSSR count). The number of phenols is 2. The molecule has 0 bridgehead atoms. The van der Waals surface area contributed by atoms with E-state index in [1.807, 2.05) is 6.07 Å². The number of hydrogen-bond acceptors (Lipinski definition) is 6. The van der Waals surface area contributed by atoms with Crippen LogP contribution >= 0.6 is 45.3 Å². The van der Waals surface area contributed by atoms with Crippen LogP contribution in [0.3, 0.4) is 0 Å². The molecule has 1 aromatic carbocycles. The lowest BCUT2D eigenvalue weighted by molar-refractivity contribution is 0.403. The predicted octanol–water partition coefficient (Wildman–Crippen LogP) is 7.86. The zero-order valence-corrected chi connectivity index (χ0v) is 18.4. The molecule has 0 aliphatic carbocycles. The molecule has 0 amide bonds. The Morgan fingerprint density at radius 1 is 0.586 bits per heavy atom. The summed E-state index contributed by atoms with van der Waals surface area (Å²) in [6.45, 7) is 0. The van der Waals surface area contributed by atoms with Crippen molar-refractivity contribution in [2.75, 3.05) is 0 Å². The number of hydrogen-bond donors (Lipinski definition) is 2. The van der Waals surface area contributed by atoms with Crippen molar-refractivity contribution in [2.24, 2.45) is 0 Å². The van der Waals surface area contributed by atoms with E-state index < -0.39 is 0 Å². The topological polar surface area (TPSA) is 40.5 Å². The number of phenolic OH excluding ortho intramolecular Hbond substituents is 2. The highest BCUT2D eigenvalue weighted by Gasteiger charge is 2.23. The Morgan fingerprint density at radius 3 is 1.66 bits per heavy atom. The second-order valence-electron chi connectivity index (χ2n) is 6.54. The lowest BCUT2D eigenvalue weighted by atomic mass is 9.95. The summed E-state index contributed by atoms with van der Waals surface area (Å²) in [5, 5.41) is 24.1. The van der Waals surface area contributed by atoms with E-state index in [-0.39, 0.29) is 17.4 Å². The quantitative estimate of drug-likeness (QED) is 0.266. The number of thiophene rings is 4. The Morgan fingerprint density at radius 2 is 1.17 bits per heavy atom. The van der Waals surface area contributed by atoms with E-state index in [1.54, 1.807) is 57.5 Å². The summed E-state index contributed by atoms with van der Waals surface area (Å²) in [6, 6.07) is 22.3. The molecular formula is C23H16O2S4. The van der Waals surface area contributed by atoms with Crippen LogP contribution in [0.25, 0.3) is 19.5 Å². The normalized spacial score (nSPS) is 11.3. The Kier molecular flexibility index (Phi) is 5.01. The molecule has 0 saturated heterocycles. The van der Waals surface area contributed by atoms with Gasteiger partial charge in [0.2, 0.25) is 0 Å². The zero-order chi connectivity index (χ0) is 19.8. The summed E-state index contributed by atoms with van der Waals surface area (Å²) in [5.74, 6) is -0.167. The van der Waals surface area contributed by atoms with Crippen molar-refractivity contribution in [3.63, 3.8) is 0 Å². The Labute approximate surface area is 184 Å². The largest absolute Gasteiger partial charge is 0.504 e. The molecule has 5 aromatic rings. The smallest absolute Gasteiger partial charge is 0.157 e. The fourth-order valence-electron chi connectivity index (χ4n) is 3.31. The van der Waals surface area contributed by atoms with Crippen LogP contribution in [0.4, 0.5) is 0 Å². The van der Waals surface area contributed by atoms with E-state index in [4.69, 9.17) is 0 Å². The van der Waals surface area contributed by atoms with E-state index in [9.17, 15) is 10.2 Å². The lowest BCUT2D eigenvalue weighted by Crippen LogP contribution is -1.98. The Balaban J connectivity index is 1.61. The van der Waals surface area contributed by atoms with Gasteiger partial charge in [-0.25, -0.2) is 0 Å². The summed E-state index contributed by atoms with van der Waals surface area (Å²) in [6.07, 6.45) is 0. The lowest BCUT2D eigenvalue weighted by Gasteiger charge is -2.15. The SMILES string of the molecule is Oc1ccc(C(c2ccc(-c3cccs3)s2)c2ccc(-c3cccs3)s2)cc1O. The summed E-state index contributed by atoms with van der Waals surface area (Å²) in [5.41, 5.74) is 0.972. The van der Waals surface area contributed by atoms with Crippen LogP contribution in [0.1, 0.15) is 21.2 Å². The monoisotopic (exact) mass is 452 g/mol. The minimum absolute atomic E-state index is 0.0129. The molecule has 0 saturated carbocycles. The predicted molar refractivity (Wildman–Crippen MR) is 126 cm³/mol. The van der Waals surface area contributed by atoms with Gasteiger partial charge in [-0.2, -0.15) is 0 Å². The first-order valence-corrected chi connectivity index (χ1v) is 12.4. The molecule has 0 aliphatic rings. The maximum Gasteiger partial charge on any atom is 0.157 e. The van der Waals surface area contributed by atoms with Crippen LogP contribution < -0.4 is 0 Å². The molecule has 29 heavy (non-hydrogen) atoms. The van der Waals surface area contributed by atoms with Crippen LogP contribution in [-0.4, -0.2) is 10.2 Å². The molecule has 0 aliphatic heterocycles. The van der Waals surface area contributed by atoms with Gasteiger partial charge in [0, 0.05) is 29.3 Å². The van der Waals surface area contributed by atoms with Crippen LogP contribution in [0.2, 0.25) is 0 Å². The molecule has 4 heterocycles. The van der Waals surface area contributed by atoms with Crippen molar-refractivity contribution in [2.45, 2.75) is 5.92 Å². The molecule has 0 unspecified atom stereocenters. The zero-order valence-electron chi connectivity index (χ0n) is 15.1. The maximum absolute atomic E-state index is 10.1. The van der Waals surface area contributed by atoms with Crippen LogP contribution in [0.5, 0.6) is 11.5 Å². The maximum atomic E-state index is 10.1.